The van der Waals surface area contributed by atoms with Crippen LogP contribution < -0.4 is 10.1 Å². The van der Waals surface area contributed by atoms with Gasteiger partial charge in [-0.25, -0.2) is 0 Å². The molecule has 1 N–H and O–H groups in total. The van der Waals surface area contributed by atoms with Gasteiger partial charge in [0.2, 0.25) is 5.91 Å². The van der Waals surface area contributed by atoms with E-state index in [2.05, 4.69) is 39.9 Å². The number of carbonyl (C=O) groups excluding carboxylic acids is 2. The first-order valence-electron chi connectivity index (χ1n) is 11.9. The molecule has 0 spiro atoms. The van der Waals surface area contributed by atoms with Gasteiger partial charge in [0.15, 0.2) is 6.61 Å². The summed E-state index contributed by atoms with van der Waals surface area (Å²) in [6.45, 7) is 15.4. The lowest BCUT2D eigenvalue weighted by Gasteiger charge is -2.31. The predicted octanol–water partition coefficient (Wildman–Crippen LogP) is 5.25. The van der Waals surface area contributed by atoms with Gasteiger partial charge >= 0.3 is 0 Å². The van der Waals surface area contributed by atoms with Gasteiger partial charge in [0.25, 0.3) is 5.91 Å². The van der Waals surface area contributed by atoms with Crippen LogP contribution in [0.4, 0.5) is 0 Å². The Bertz CT molecular complexity index is 913. The van der Waals surface area contributed by atoms with E-state index in [0.29, 0.717) is 31.2 Å². The van der Waals surface area contributed by atoms with Crippen LogP contribution in [0.5, 0.6) is 5.75 Å². The molecule has 0 radical (unpaired) electrons. The highest BCUT2D eigenvalue weighted by Gasteiger charge is 2.29. The van der Waals surface area contributed by atoms with Crippen LogP contribution in [-0.4, -0.2) is 35.9 Å². The van der Waals surface area contributed by atoms with Crippen LogP contribution in [0, 0.1) is 12.8 Å². The second kappa shape index (κ2) is 11.9. The number of hydrogen-bond acceptors (Lipinski definition) is 3. The zero-order valence-electron chi connectivity index (χ0n) is 21.3. The molecule has 0 aromatic heterocycles. The Hall–Kier alpha value is -2.82. The van der Waals surface area contributed by atoms with E-state index in [1.54, 1.807) is 4.90 Å². The van der Waals surface area contributed by atoms with E-state index in [4.69, 9.17) is 4.74 Å². The van der Waals surface area contributed by atoms with Gasteiger partial charge in [-0.15, -0.1) is 0 Å². The van der Waals surface area contributed by atoms with Crippen molar-refractivity contribution < 1.29 is 14.3 Å². The Morgan fingerprint density at radius 3 is 2.27 bits per heavy atom. The zero-order valence-corrected chi connectivity index (χ0v) is 21.3. The third-order valence-corrected chi connectivity index (χ3v) is 5.59. The van der Waals surface area contributed by atoms with Crippen LogP contribution in [-0.2, 0) is 21.5 Å². The van der Waals surface area contributed by atoms with Crippen molar-refractivity contribution in [3.05, 3.63) is 65.2 Å². The molecule has 0 aliphatic rings. The normalized spacial score (nSPS) is 12.4. The molecule has 180 valence electrons. The van der Waals surface area contributed by atoms with Crippen molar-refractivity contribution in [1.82, 2.24) is 10.2 Å². The molecular formula is C28H40N2O3. The highest BCUT2D eigenvalue weighted by atomic mass is 16.5. The fourth-order valence-electron chi connectivity index (χ4n) is 3.63. The molecule has 5 heteroatoms. The van der Waals surface area contributed by atoms with E-state index in [0.717, 1.165) is 11.1 Å². The van der Waals surface area contributed by atoms with Crippen molar-refractivity contribution in [1.29, 1.82) is 0 Å². The summed E-state index contributed by atoms with van der Waals surface area (Å²) in [6, 6.07) is 15.3. The Labute approximate surface area is 199 Å². The number of aryl methyl sites for hydroxylation is 1. The third kappa shape index (κ3) is 8.23. The second-order valence-electron chi connectivity index (χ2n) is 10.1. The maximum Gasteiger partial charge on any atom is 0.261 e. The minimum Gasteiger partial charge on any atom is -0.484 e. The van der Waals surface area contributed by atoms with E-state index < -0.39 is 6.04 Å². The van der Waals surface area contributed by atoms with Crippen molar-refractivity contribution in [2.75, 3.05) is 13.2 Å². The van der Waals surface area contributed by atoms with Gasteiger partial charge in [-0.1, -0.05) is 83.5 Å². The number of ether oxygens (including phenoxy) is 1. The fraction of sp³-hybridized carbons (Fsp3) is 0.500. The molecule has 0 saturated heterocycles. The molecule has 5 nitrogen and oxygen atoms in total. The molecule has 0 fully saturated rings. The lowest BCUT2D eigenvalue weighted by atomic mass is 9.87. The smallest absolute Gasteiger partial charge is 0.261 e. The Morgan fingerprint density at radius 1 is 1.06 bits per heavy atom. The second-order valence-corrected chi connectivity index (χ2v) is 10.1. The first-order valence-corrected chi connectivity index (χ1v) is 11.9. The van der Waals surface area contributed by atoms with Crippen molar-refractivity contribution in [3.63, 3.8) is 0 Å². The molecule has 0 aliphatic heterocycles. The zero-order chi connectivity index (χ0) is 24.6. The van der Waals surface area contributed by atoms with Gasteiger partial charge in [-0.3, -0.25) is 9.59 Å². The molecule has 2 rings (SSSR count). The standard InChI is InChI=1S/C28H40N2O3/c1-8-25(27(32)29-17-20(2)3)30(18-22-11-9-10-21(4)16-22)26(31)19-33-24-14-12-23(13-15-24)28(5,6)7/h9-16,20,25H,8,17-19H2,1-7H3,(H,29,32)/t25-/m0/s1. The van der Waals surface area contributed by atoms with Gasteiger partial charge in [0, 0.05) is 13.1 Å². The fourth-order valence-corrected chi connectivity index (χ4v) is 3.63. The van der Waals surface area contributed by atoms with E-state index in [-0.39, 0.29) is 23.8 Å². The topological polar surface area (TPSA) is 58.6 Å². The number of nitrogens with zero attached hydrogens (tertiary/aromatic N) is 1. The maximum absolute atomic E-state index is 13.3. The van der Waals surface area contributed by atoms with Crippen LogP contribution in [0.25, 0.3) is 0 Å². The Balaban J connectivity index is 2.18. The monoisotopic (exact) mass is 452 g/mol. The molecule has 0 unspecified atom stereocenters. The van der Waals surface area contributed by atoms with Crippen molar-refractivity contribution in [2.24, 2.45) is 5.92 Å². The average molecular weight is 453 g/mol. The van der Waals surface area contributed by atoms with E-state index >= 15 is 0 Å². The lowest BCUT2D eigenvalue weighted by Crippen LogP contribution is -2.50. The molecule has 33 heavy (non-hydrogen) atoms. The Kier molecular flexibility index (Phi) is 9.51. The summed E-state index contributed by atoms with van der Waals surface area (Å²) in [4.78, 5) is 27.9. The number of benzene rings is 2. The van der Waals surface area contributed by atoms with Crippen LogP contribution in [0.2, 0.25) is 0 Å². The number of hydrogen-bond donors (Lipinski definition) is 1. The minimum absolute atomic E-state index is 0.0522. The lowest BCUT2D eigenvalue weighted by molar-refractivity contribution is -0.143. The SMILES string of the molecule is CC[C@@H](C(=O)NCC(C)C)N(Cc1cccc(C)c1)C(=O)COc1ccc(C(C)(C)C)cc1. The van der Waals surface area contributed by atoms with Crippen LogP contribution in [0.15, 0.2) is 48.5 Å². The van der Waals surface area contributed by atoms with Crippen molar-refractivity contribution in [2.45, 2.75) is 72.9 Å². The molecule has 0 heterocycles. The quantitative estimate of drug-likeness (QED) is 0.536. The Morgan fingerprint density at radius 2 is 1.73 bits per heavy atom. The molecule has 0 bridgehead atoms. The third-order valence-electron chi connectivity index (χ3n) is 5.59. The van der Waals surface area contributed by atoms with Gasteiger partial charge in [-0.2, -0.15) is 0 Å². The van der Waals surface area contributed by atoms with Crippen LogP contribution in [0.1, 0.15) is 64.7 Å². The molecule has 1 atom stereocenters. The highest BCUT2D eigenvalue weighted by Crippen LogP contribution is 2.24. The summed E-state index contributed by atoms with van der Waals surface area (Å²) in [5.74, 6) is 0.653. The molecule has 2 aromatic carbocycles. The average Bonchev–Trinajstić information content (AvgIpc) is 2.75. The predicted molar refractivity (Wildman–Crippen MR) is 134 cm³/mol. The minimum atomic E-state index is -0.552. The van der Waals surface area contributed by atoms with Crippen molar-refractivity contribution >= 4 is 11.8 Å². The maximum atomic E-state index is 13.3. The first-order chi connectivity index (χ1) is 15.5. The van der Waals surface area contributed by atoms with Crippen LogP contribution in [0.3, 0.4) is 0 Å². The number of rotatable bonds is 10. The van der Waals surface area contributed by atoms with Gasteiger partial charge in [0.05, 0.1) is 0 Å². The summed E-state index contributed by atoms with van der Waals surface area (Å²) in [5, 5.41) is 2.99. The van der Waals surface area contributed by atoms with Crippen molar-refractivity contribution in [3.8, 4) is 5.75 Å². The molecule has 2 amide bonds. The summed E-state index contributed by atoms with van der Waals surface area (Å²) < 4.78 is 5.83. The highest BCUT2D eigenvalue weighted by molar-refractivity contribution is 5.88. The molecule has 0 aliphatic carbocycles. The van der Waals surface area contributed by atoms with Gasteiger partial charge < -0.3 is 15.0 Å². The summed E-state index contributed by atoms with van der Waals surface area (Å²) >= 11 is 0. The van der Waals surface area contributed by atoms with Gasteiger partial charge in [-0.05, 0) is 47.9 Å². The summed E-state index contributed by atoms with van der Waals surface area (Å²) in [7, 11) is 0. The first kappa shape index (κ1) is 26.4. The molecule has 0 saturated carbocycles. The largest absolute Gasteiger partial charge is 0.484 e. The van der Waals surface area contributed by atoms with E-state index in [1.165, 1.54) is 5.56 Å². The van der Waals surface area contributed by atoms with E-state index in [1.807, 2.05) is 62.4 Å². The van der Waals surface area contributed by atoms with E-state index in [9.17, 15) is 9.59 Å². The van der Waals surface area contributed by atoms with Crippen LogP contribution >= 0.6 is 0 Å². The number of carbonyl (C=O) groups is 2. The summed E-state index contributed by atoms with van der Waals surface area (Å²) in [5.41, 5.74) is 3.37. The molecule has 2 aromatic rings. The number of nitrogens with one attached hydrogen (secondary N) is 1. The number of amides is 2. The molecular weight excluding hydrogens is 412 g/mol. The summed E-state index contributed by atoms with van der Waals surface area (Å²) in [6.07, 6.45) is 0.530. The van der Waals surface area contributed by atoms with Gasteiger partial charge in [0.1, 0.15) is 11.8 Å².